The van der Waals surface area contributed by atoms with Gasteiger partial charge in [-0.25, -0.2) is 33.7 Å². The van der Waals surface area contributed by atoms with Crippen LogP contribution < -0.4 is 164 Å². The van der Waals surface area contributed by atoms with Crippen molar-refractivity contribution in [1.82, 2.24) is 0 Å². The average Bonchev–Trinajstić information content (AvgIpc) is 3.64. The minimum absolute atomic E-state index is 0. The van der Waals surface area contributed by atoms with E-state index in [0.717, 1.165) is 34.5 Å². The van der Waals surface area contributed by atoms with Crippen LogP contribution in [-0.2, 0) is 62.6 Å². The molecule has 6 aromatic carbocycles. The van der Waals surface area contributed by atoms with Crippen LogP contribution in [0.4, 0.5) is 17.1 Å². The van der Waals surface area contributed by atoms with Gasteiger partial charge in [0, 0.05) is 64.0 Å². The van der Waals surface area contributed by atoms with E-state index in [4.69, 9.17) is 0 Å². The Morgan fingerprint density at radius 2 is 1.16 bits per heavy atom. The second-order valence-corrected chi connectivity index (χ2v) is 24.7. The number of rotatable bonds is 12. The predicted molar refractivity (Wildman–Crippen MR) is 270 cm³/mol. The number of unbranched alkanes of at least 4 members (excludes halogenated alkanes) is 2. The molecule has 0 saturated heterocycles. The number of amides is 1. The third-order valence-corrected chi connectivity index (χ3v) is 17.4. The third-order valence-electron chi connectivity index (χ3n) is 14.0. The zero-order valence-corrected chi connectivity index (χ0v) is 55.6. The molecule has 0 spiro atoms. The van der Waals surface area contributed by atoms with Crippen molar-refractivity contribution < 1.29 is 215 Å². The molecule has 16 nitrogen and oxygen atoms in total. The first-order valence-electron chi connectivity index (χ1n) is 22.9. The Morgan fingerprint density at radius 1 is 0.618 bits per heavy atom. The van der Waals surface area contributed by atoms with Gasteiger partial charge in [0.15, 0.2) is 5.71 Å². The van der Waals surface area contributed by atoms with Crippen molar-refractivity contribution in [3.05, 3.63) is 149 Å². The number of para-hydroxylation sites is 1. The molecular formula is C53H46K3N3O13S4. The smallest absolute Gasteiger partial charge is 0.744 e. The van der Waals surface area contributed by atoms with Gasteiger partial charge in [-0.2, -0.15) is 4.58 Å². The molecule has 0 atom stereocenters. The number of carbonyl (C=O) groups is 1. The number of benzene rings is 6. The summed E-state index contributed by atoms with van der Waals surface area (Å²) >= 11 is 0. The van der Waals surface area contributed by atoms with E-state index < -0.39 is 70.9 Å². The van der Waals surface area contributed by atoms with E-state index >= 15 is 0 Å². The van der Waals surface area contributed by atoms with Crippen molar-refractivity contribution in [2.24, 2.45) is 0 Å². The molecule has 0 bridgehead atoms. The minimum atomic E-state index is -5.29. The van der Waals surface area contributed by atoms with Crippen LogP contribution in [0.5, 0.6) is 0 Å². The summed E-state index contributed by atoms with van der Waals surface area (Å²) in [6.07, 6.45) is 7.23. The second kappa shape index (κ2) is 23.7. The third kappa shape index (κ3) is 12.3. The topological polar surface area (TPSA) is 255 Å². The van der Waals surface area contributed by atoms with E-state index in [1.54, 1.807) is 36.2 Å². The van der Waals surface area contributed by atoms with Crippen LogP contribution in [-0.4, -0.2) is 81.7 Å². The molecule has 3 aliphatic rings. The van der Waals surface area contributed by atoms with Gasteiger partial charge in [-0.3, -0.25) is 4.79 Å². The fourth-order valence-corrected chi connectivity index (χ4v) is 13.3. The fraction of sp³-hybridized carbons (Fsp3) is 0.245. The van der Waals surface area contributed by atoms with Crippen LogP contribution in [0, 0.1) is 11.8 Å². The van der Waals surface area contributed by atoms with Gasteiger partial charge >= 0.3 is 154 Å². The standard InChI is InChI=1S/C53H49N3O13S4.3K/c1-52(2)47(54(5)43-25-23-38-40(50(43)52)28-36(70(58,59)60)30-45(38)72(64,65)66)18-13-19-48-53(3,4)51-41-29-37(71(61,62)63)31-46(73(67,68)69)39(41)24-26-44(51)55(48)27-12-6-7-20-49(57)56-32-35-16-9-8-14-33(35)21-22-34-15-10-11-17-42(34)56;;;/h8-11,13-19,23-26,28-31H,6-7,12,20,27,32H2,1-5H3,(H3-,58,59,60,61,62,63,64,65,66,67,68,69);;;/q;3*+1/p-3. The van der Waals surface area contributed by atoms with Crippen LogP contribution in [0.2, 0.25) is 0 Å². The molecule has 0 fully saturated rings. The van der Waals surface area contributed by atoms with Gasteiger partial charge in [0.2, 0.25) is 11.6 Å². The minimum Gasteiger partial charge on any atom is -0.744 e. The monoisotopic (exact) mass is 1180 g/mol. The molecule has 9 rings (SSSR count). The molecule has 0 unspecified atom stereocenters. The molecule has 0 N–H and O–H groups in total. The first-order chi connectivity index (χ1) is 34.1. The molecule has 0 aromatic heterocycles. The Balaban J connectivity index is 0.00000312. The summed E-state index contributed by atoms with van der Waals surface area (Å²) in [7, 11) is -19.2. The van der Waals surface area contributed by atoms with Gasteiger partial charge in [-0.05, 0) is 115 Å². The molecule has 1 amide bonds. The number of anilines is 2. The maximum Gasteiger partial charge on any atom is 1.00 e. The Hall–Kier alpha value is -1.63. The number of nitrogens with zero attached hydrogens (tertiary/aromatic N) is 3. The first kappa shape index (κ1) is 63.6. The summed E-state index contributed by atoms with van der Waals surface area (Å²) in [4.78, 5) is 14.3. The van der Waals surface area contributed by atoms with E-state index in [-0.39, 0.29) is 188 Å². The molecule has 6 aromatic rings. The van der Waals surface area contributed by atoms with Crippen molar-refractivity contribution in [3.63, 3.8) is 0 Å². The fourth-order valence-electron chi connectivity index (χ4n) is 10.7. The maximum atomic E-state index is 14.1. The average molecular weight is 1180 g/mol. The number of hydrogen-bond acceptors (Lipinski definition) is 14. The zero-order valence-electron chi connectivity index (χ0n) is 43.0. The van der Waals surface area contributed by atoms with Gasteiger partial charge in [0.25, 0.3) is 0 Å². The Bertz CT molecular complexity index is 4050. The molecule has 0 aliphatic carbocycles. The van der Waals surface area contributed by atoms with Crippen molar-refractivity contribution in [2.45, 2.75) is 90.3 Å². The molecule has 0 saturated carbocycles. The SMILES string of the molecule is C[N+]1=C(/C=C/C=C2/N(CCCCCC(=O)N3Cc4ccccc4C#Cc4ccccc43)c3ccc4c(S(=O)(=O)[O-])cc(S(=O)(=O)[O-])cc4c3C2(C)C)C(C)(C)c2c1ccc1c(S(=O)(=O)[O-])cc(S(=O)(=O)[O-])cc21.[K+].[K+].[K+]. The molecule has 0 radical (unpaired) electrons. The van der Waals surface area contributed by atoms with E-state index in [2.05, 4.69) is 11.8 Å². The number of carbonyl (C=O) groups excluding carboxylic acids is 1. The van der Waals surface area contributed by atoms with Crippen LogP contribution in [0.15, 0.2) is 141 Å². The van der Waals surface area contributed by atoms with E-state index in [9.17, 15) is 56.7 Å². The van der Waals surface area contributed by atoms with Gasteiger partial charge < -0.3 is 28.0 Å². The summed E-state index contributed by atoms with van der Waals surface area (Å²) in [6.45, 7) is 7.99. The summed E-state index contributed by atoms with van der Waals surface area (Å²) in [5.74, 6) is 6.36. The van der Waals surface area contributed by atoms with Crippen LogP contribution in [0.3, 0.4) is 0 Å². The first-order valence-corrected chi connectivity index (χ1v) is 28.6. The van der Waals surface area contributed by atoms with Gasteiger partial charge in [-0.1, -0.05) is 74.6 Å². The van der Waals surface area contributed by atoms with Crippen LogP contribution >= 0.6 is 0 Å². The zero-order chi connectivity index (χ0) is 52.8. The van der Waals surface area contributed by atoms with Crippen molar-refractivity contribution in [3.8, 4) is 11.8 Å². The number of fused-ring (bicyclic) bond motifs is 8. The summed E-state index contributed by atoms with van der Waals surface area (Å²) < 4.78 is 151. The summed E-state index contributed by atoms with van der Waals surface area (Å²) in [6, 6.07) is 24.5. The Morgan fingerprint density at radius 3 is 1.75 bits per heavy atom. The van der Waals surface area contributed by atoms with E-state index in [1.807, 2.05) is 91.8 Å². The van der Waals surface area contributed by atoms with Gasteiger partial charge in [-0.15, -0.1) is 0 Å². The molecule has 23 heteroatoms. The van der Waals surface area contributed by atoms with Crippen LogP contribution in [0.1, 0.15) is 81.2 Å². The normalized spacial score (nSPS) is 16.1. The number of hydrogen-bond donors (Lipinski definition) is 0. The molecule has 3 aliphatic heterocycles. The van der Waals surface area contributed by atoms with E-state index in [0.29, 0.717) is 78.4 Å². The van der Waals surface area contributed by atoms with Crippen LogP contribution in [0.25, 0.3) is 21.5 Å². The molecular weight excluding hydrogens is 1130 g/mol. The van der Waals surface area contributed by atoms with Gasteiger partial charge in [0.05, 0.1) is 37.2 Å². The molecule has 378 valence electrons. The predicted octanol–water partition coefficient (Wildman–Crippen LogP) is -1.63. The maximum absolute atomic E-state index is 14.1. The summed E-state index contributed by atoms with van der Waals surface area (Å²) in [5, 5.41) is 0.0280. The second-order valence-electron chi connectivity index (χ2n) is 19.2. The Kier molecular flexibility index (Phi) is 19.8. The van der Waals surface area contributed by atoms with E-state index in [1.165, 1.54) is 12.1 Å². The largest absolute Gasteiger partial charge is 1.00 e. The van der Waals surface area contributed by atoms with Crippen molar-refractivity contribution >= 4 is 90.7 Å². The number of allylic oxidation sites excluding steroid dienone is 4. The summed E-state index contributed by atoms with van der Waals surface area (Å²) in [5.41, 5.74) is 4.46. The molecule has 3 heterocycles. The molecule has 76 heavy (non-hydrogen) atoms. The van der Waals surface area contributed by atoms with Gasteiger partial charge in [0.1, 0.15) is 47.5 Å². The quantitative estimate of drug-likeness (QED) is 0.0439. The Labute approximate surface area is 570 Å². The van der Waals surface area contributed by atoms with Crippen molar-refractivity contribution in [2.75, 3.05) is 23.4 Å². The van der Waals surface area contributed by atoms with Crippen molar-refractivity contribution in [1.29, 1.82) is 0 Å².